The zero-order chi connectivity index (χ0) is 21.4. The Morgan fingerprint density at radius 1 is 1.07 bits per heavy atom. The van der Waals surface area contributed by atoms with E-state index in [1.807, 2.05) is 13.8 Å². The van der Waals surface area contributed by atoms with Crippen LogP contribution in [-0.4, -0.2) is 53.3 Å². The molecule has 0 atom stereocenters. The summed E-state index contributed by atoms with van der Waals surface area (Å²) in [5.74, 6) is -1.68. The number of esters is 1. The highest BCUT2D eigenvalue weighted by molar-refractivity contribution is 7.14. The Bertz CT molecular complexity index is 890. The van der Waals surface area contributed by atoms with Crippen molar-refractivity contribution < 1.29 is 23.9 Å². The number of rotatable bonds is 8. The van der Waals surface area contributed by atoms with Gasteiger partial charge in [-0.15, -0.1) is 11.3 Å². The van der Waals surface area contributed by atoms with Gasteiger partial charge in [-0.05, 0) is 38.1 Å². The highest BCUT2D eigenvalue weighted by Crippen LogP contribution is 2.16. The molecule has 0 fully saturated rings. The average molecular weight is 418 g/mol. The number of nitrogens with zero attached hydrogens (tertiary/aromatic N) is 2. The zero-order valence-electron chi connectivity index (χ0n) is 16.4. The fourth-order valence-corrected chi connectivity index (χ4v) is 3.09. The number of anilines is 2. The molecule has 0 saturated heterocycles. The maximum absolute atomic E-state index is 12.3. The molecule has 3 amide bonds. The summed E-state index contributed by atoms with van der Waals surface area (Å²) in [7, 11) is 0. The number of aromatic nitrogens is 1. The number of benzene rings is 1. The summed E-state index contributed by atoms with van der Waals surface area (Å²) in [5, 5.41) is 6.75. The summed E-state index contributed by atoms with van der Waals surface area (Å²) in [6.07, 6.45) is 0. The number of carbonyl (C=O) groups excluding carboxylic acids is 4. The summed E-state index contributed by atoms with van der Waals surface area (Å²) >= 11 is 1.08. The summed E-state index contributed by atoms with van der Waals surface area (Å²) in [6.45, 7) is 5.88. The largest absolute Gasteiger partial charge is 0.451 e. The van der Waals surface area contributed by atoms with Crippen LogP contribution in [0.15, 0.2) is 29.6 Å². The zero-order valence-corrected chi connectivity index (χ0v) is 17.2. The van der Waals surface area contributed by atoms with E-state index in [1.165, 1.54) is 12.3 Å². The van der Waals surface area contributed by atoms with Crippen molar-refractivity contribution in [1.29, 1.82) is 0 Å². The minimum Gasteiger partial charge on any atom is -0.451 e. The Morgan fingerprint density at radius 3 is 2.31 bits per heavy atom. The molecule has 0 spiro atoms. The van der Waals surface area contributed by atoms with Gasteiger partial charge >= 0.3 is 5.97 Å². The third kappa shape index (κ3) is 6.39. The van der Waals surface area contributed by atoms with Gasteiger partial charge in [0.15, 0.2) is 17.4 Å². The van der Waals surface area contributed by atoms with Gasteiger partial charge in [0.25, 0.3) is 11.8 Å². The molecule has 0 saturated carbocycles. The molecule has 2 N–H and O–H groups in total. The highest BCUT2D eigenvalue weighted by Gasteiger charge is 2.15. The Balaban J connectivity index is 1.86. The Hall–Kier alpha value is -3.27. The highest BCUT2D eigenvalue weighted by atomic mass is 32.1. The molecular weight excluding hydrogens is 396 g/mol. The van der Waals surface area contributed by atoms with Gasteiger partial charge in [-0.2, -0.15) is 0 Å². The molecule has 29 heavy (non-hydrogen) atoms. The van der Waals surface area contributed by atoms with Crippen LogP contribution in [0.1, 0.15) is 41.6 Å². The molecule has 154 valence electrons. The molecule has 0 aliphatic rings. The fourth-order valence-electron chi connectivity index (χ4n) is 2.37. The van der Waals surface area contributed by atoms with E-state index in [9.17, 15) is 19.2 Å². The second kappa shape index (κ2) is 10.3. The molecule has 1 aromatic carbocycles. The van der Waals surface area contributed by atoms with Crippen LogP contribution in [0.25, 0.3) is 0 Å². The van der Waals surface area contributed by atoms with Crippen molar-refractivity contribution in [3.8, 4) is 0 Å². The van der Waals surface area contributed by atoms with Gasteiger partial charge < -0.3 is 20.3 Å². The molecule has 1 heterocycles. The minimum atomic E-state index is -0.770. The molecule has 0 aliphatic carbocycles. The van der Waals surface area contributed by atoms with E-state index in [2.05, 4.69) is 15.6 Å². The standard InChI is InChI=1S/C19H22N4O5S/c1-4-23(5-2)17(26)13-6-8-14(9-7-13)21-16(25)10-28-18(27)15-11-29-19(22-15)20-12(3)24/h6-9,11H,4-5,10H2,1-3H3,(H,21,25)(H,20,22,24). The van der Waals surface area contributed by atoms with Crippen LogP contribution in [-0.2, 0) is 14.3 Å². The van der Waals surface area contributed by atoms with Crippen LogP contribution in [0.3, 0.4) is 0 Å². The lowest BCUT2D eigenvalue weighted by Gasteiger charge is -2.18. The van der Waals surface area contributed by atoms with Crippen LogP contribution < -0.4 is 10.6 Å². The van der Waals surface area contributed by atoms with Crippen molar-refractivity contribution in [2.45, 2.75) is 20.8 Å². The van der Waals surface area contributed by atoms with Gasteiger partial charge in [0.05, 0.1) is 0 Å². The summed E-state index contributed by atoms with van der Waals surface area (Å²) in [6, 6.07) is 6.47. The molecule has 0 radical (unpaired) electrons. The van der Waals surface area contributed by atoms with E-state index in [4.69, 9.17) is 4.74 Å². The van der Waals surface area contributed by atoms with E-state index in [0.717, 1.165) is 11.3 Å². The van der Waals surface area contributed by atoms with E-state index in [0.29, 0.717) is 24.3 Å². The van der Waals surface area contributed by atoms with Gasteiger partial charge in [-0.1, -0.05) is 0 Å². The number of nitrogens with one attached hydrogen (secondary N) is 2. The first kappa shape index (κ1) is 22.0. The van der Waals surface area contributed by atoms with E-state index >= 15 is 0 Å². The lowest BCUT2D eigenvalue weighted by Crippen LogP contribution is -2.30. The lowest BCUT2D eigenvalue weighted by atomic mass is 10.2. The predicted octanol–water partition coefficient (Wildman–Crippen LogP) is 2.38. The second-order valence-electron chi connectivity index (χ2n) is 5.90. The molecule has 10 heteroatoms. The van der Waals surface area contributed by atoms with Crippen molar-refractivity contribution >= 4 is 45.8 Å². The molecule has 2 aromatic rings. The average Bonchev–Trinajstić information content (AvgIpc) is 3.15. The van der Waals surface area contributed by atoms with Crippen molar-refractivity contribution in [2.75, 3.05) is 30.3 Å². The van der Waals surface area contributed by atoms with Crippen LogP contribution in [0, 0.1) is 0 Å². The summed E-state index contributed by atoms with van der Waals surface area (Å²) < 4.78 is 4.92. The third-order valence-corrected chi connectivity index (χ3v) is 4.55. The molecule has 9 nitrogen and oxygen atoms in total. The summed E-state index contributed by atoms with van der Waals surface area (Å²) in [5.41, 5.74) is 1.01. The van der Waals surface area contributed by atoms with E-state index in [1.54, 1.807) is 29.2 Å². The van der Waals surface area contributed by atoms with Crippen LogP contribution in [0.2, 0.25) is 0 Å². The molecule has 0 aliphatic heterocycles. The number of hydrogen-bond donors (Lipinski definition) is 2. The Morgan fingerprint density at radius 2 is 1.72 bits per heavy atom. The first-order chi connectivity index (χ1) is 13.8. The first-order valence-corrected chi connectivity index (χ1v) is 9.81. The minimum absolute atomic E-state index is 0.00539. The number of thiazole rings is 1. The molecule has 0 unspecified atom stereocenters. The number of hydrogen-bond acceptors (Lipinski definition) is 7. The second-order valence-corrected chi connectivity index (χ2v) is 6.76. The van der Waals surface area contributed by atoms with Crippen molar-refractivity contribution in [3.05, 3.63) is 40.9 Å². The first-order valence-electron chi connectivity index (χ1n) is 8.93. The summed E-state index contributed by atoms with van der Waals surface area (Å²) in [4.78, 5) is 52.8. The van der Waals surface area contributed by atoms with Crippen LogP contribution in [0.4, 0.5) is 10.8 Å². The van der Waals surface area contributed by atoms with Gasteiger partial charge in [-0.3, -0.25) is 14.4 Å². The van der Waals surface area contributed by atoms with Gasteiger partial charge in [0.2, 0.25) is 5.91 Å². The normalized spacial score (nSPS) is 10.2. The molecule has 1 aromatic heterocycles. The Kier molecular flexibility index (Phi) is 7.84. The monoisotopic (exact) mass is 418 g/mol. The van der Waals surface area contributed by atoms with Crippen molar-refractivity contribution in [1.82, 2.24) is 9.88 Å². The molecule has 2 rings (SSSR count). The van der Waals surface area contributed by atoms with E-state index in [-0.39, 0.29) is 22.6 Å². The number of ether oxygens (including phenoxy) is 1. The van der Waals surface area contributed by atoms with Crippen molar-refractivity contribution in [2.24, 2.45) is 0 Å². The fraction of sp³-hybridized carbons (Fsp3) is 0.316. The maximum Gasteiger partial charge on any atom is 0.358 e. The molecule has 0 bridgehead atoms. The smallest absolute Gasteiger partial charge is 0.358 e. The van der Waals surface area contributed by atoms with Crippen LogP contribution >= 0.6 is 11.3 Å². The Labute approximate surface area is 172 Å². The number of amides is 3. The predicted molar refractivity (Wildman–Crippen MR) is 109 cm³/mol. The van der Waals surface area contributed by atoms with E-state index < -0.39 is 18.5 Å². The third-order valence-electron chi connectivity index (χ3n) is 3.80. The molecular formula is C19H22N4O5S. The van der Waals surface area contributed by atoms with Gasteiger partial charge in [0.1, 0.15) is 0 Å². The van der Waals surface area contributed by atoms with Gasteiger partial charge in [-0.25, -0.2) is 9.78 Å². The quantitative estimate of drug-likeness (QED) is 0.636. The van der Waals surface area contributed by atoms with Crippen molar-refractivity contribution in [3.63, 3.8) is 0 Å². The van der Waals surface area contributed by atoms with Gasteiger partial charge in [0, 0.05) is 36.6 Å². The maximum atomic E-state index is 12.3. The lowest BCUT2D eigenvalue weighted by molar-refractivity contribution is -0.119. The van der Waals surface area contributed by atoms with Crippen LogP contribution in [0.5, 0.6) is 0 Å². The SMILES string of the molecule is CCN(CC)C(=O)c1ccc(NC(=O)COC(=O)c2csc(NC(C)=O)n2)cc1. The number of carbonyl (C=O) groups is 4. The topological polar surface area (TPSA) is 118 Å².